The molecule has 0 bridgehead atoms. The first kappa shape index (κ1) is 78.7. The Balaban J connectivity index is -0.00000103. The van der Waals surface area contributed by atoms with Crippen LogP contribution < -0.4 is 0 Å². The molecule has 0 rings (SSSR count). The van der Waals surface area contributed by atoms with Gasteiger partial charge in [-0.1, -0.05) is 106 Å². The maximum atomic E-state index is 9.55. The van der Waals surface area contributed by atoms with Gasteiger partial charge >= 0.3 is 8.56 Å². The van der Waals surface area contributed by atoms with Gasteiger partial charge in [0.05, 0.1) is 106 Å². The molecule has 1 atom stereocenters. The molecule has 0 aromatic carbocycles. The van der Waals surface area contributed by atoms with E-state index < -0.39 is 36.0 Å². The third kappa shape index (κ3) is 46.2. The SMILES string of the molecule is CCC(CC)(CO)COCCOCCOCCOCCOC.CCC(CO)(CO)COCCCSCC[Si](C)(C)O[Si](C)(C)O[Si](C)(C)C.CCCCCCCCC(CCCCCC)COCC(CC)(CO)CO. The first-order valence-electron chi connectivity index (χ1n) is 29.2. The topological polar surface area (TPSA) is 184 Å². The lowest BCUT2D eigenvalue weighted by Gasteiger charge is -2.37. The number of rotatable bonds is 52. The Labute approximate surface area is 464 Å². The second-order valence-electron chi connectivity index (χ2n) is 22.6. The van der Waals surface area contributed by atoms with Crippen molar-refractivity contribution in [3.8, 4) is 0 Å². The van der Waals surface area contributed by atoms with E-state index in [1.165, 1.54) is 77.0 Å². The number of ether oxygens (including phenoxy) is 7. The second kappa shape index (κ2) is 50.4. The van der Waals surface area contributed by atoms with Crippen LogP contribution >= 0.6 is 11.8 Å². The van der Waals surface area contributed by atoms with Crippen LogP contribution in [0.3, 0.4) is 0 Å². The summed E-state index contributed by atoms with van der Waals surface area (Å²) in [7, 11) is -3.65. The summed E-state index contributed by atoms with van der Waals surface area (Å²) in [6, 6.07) is 1.14. The van der Waals surface area contributed by atoms with Crippen molar-refractivity contribution < 1.29 is 66.9 Å². The van der Waals surface area contributed by atoms with Crippen LogP contribution in [0.25, 0.3) is 0 Å². The molecule has 5 N–H and O–H groups in total. The van der Waals surface area contributed by atoms with Crippen molar-refractivity contribution in [1.29, 1.82) is 0 Å². The quantitative estimate of drug-likeness (QED) is 0.0286. The third-order valence-corrected chi connectivity index (χ3v) is 25.2. The molecule has 0 saturated heterocycles. The number of hydrogen-bond donors (Lipinski definition) is 5. The lowest BCUT2D eigenvalue weighted by atomic mass is 9.84. The molecule has 0 amide bonds. The van der Waals surface area contributed by atoms with Gasteiger partial charge in [-0.25, -0.2) is 0 Å². The number of aliphatic hydroxyl groups excluding tert-OH is 5. The molecule has 0 aliphatic carbocycles. The molecule has 0 aliphatic rings. The highest BCUT2D eigenvalue weighted by Crippen LogP contribution is 2.28. The van der Waals surface area contributed by atoms with E-state index in [4.69, 9.17) is 41.4 Å². The lowest BCUT2D eigenvalue weighted by Crippen LogP contribution is -2.51. The minimum Gasteiger partial charge on any atom is -0.437 e. The maximum Gasteiger partial charge on any atom is 0.311 e. The Morgan fingerprint density at radius 3 is 1.24 bits per heavy atom. The van der Waals surface area contributed by atoms with Gasteiger partial charge in [0.25, 0.3) is 0 Å². The van der Waals surface area contributed by atoms with E-state index in [-0.39, 0.29) is 38.4 Å². The summed E-state index contributed by atoms with van der Waals surface area (Å²) in [6.45, 7) is 35.9. The van der Waals surface area contributed by atoms with E-state index in [2.05, 4.69) is 73.5 Å². The number of unbranched alkanes of at least 4 members (excludes halogenated alkanes) is 8. The van der Waals surface area contributed by atoms with Crippen molar-refractivity contribution in [2.24, 2.45) is 22.2 Å². The lowest BCUT2D eigenvalue weighted by molar-refractivity contribution is -0.0399. The Kier molecular flexibility index (Phi) is 53.6. The van der Waals surface area contributed by atoms with Gasteiger partial charge in [0.1, 0.15) is 0 Å². The number of aliphatic hydroxyl groups is 5. The van der Waals surface area contributed by atoms with E-state index in [9.17, 15) is 25.5 Å². The minimum absolute atomic E-state index is 0.00139. The van der Waals surface area contributed by atoms with E-state index >= 15 is 0 Å². The Hall–Kier alpha value is 0.441. The molecule has 0 aliphatic heterocycles. The molecule has 0 aromatic rings. The molecule has 14 nitrogen and oxygen atoms in total. The van der Waals surface area contributed by atoms with Crippen molar-refractivity contribution in [3.05, 3.63) is 0 Å². The highest BCUT2D eigenvalue weighted by Gasteiger charge is 2.38. The highest BCUT2D eigenvalue weighted by molar-refractivity contribution is 7.99. The third-order valence-electron chi connectivity index (χ3n) is 13.7. The standard InChI is InChI=1S/C22H46O3.C18H44O5SSi3.C16H34O6/c1-4-7-9-11-12-14-16-21(15-13-10-8-5-2)17-25-20-22(6-3,18-23)19-24;1-9-18(15-19,16-20)17-21-11-10-12-24-13-14-26(5,6)23-27(7,8)22-25(2,3)4;1-4-16(5-2,14-17)15-22-13-12-21-11-10-20-9-8-19-7-6-18-3/h21,23-24H,4-20H2,1-3H3;19-20H,9-17H2,1-8H3;17H,4-15H2,1-3H3. The van der Waals surface area contributed by atoms with Crippen molar-refractivity contribution in [3.63, 3.8) is 0 Å². The Morgan fingerprint density at radius 2 is 0.811 bits per heavy atom. The summed E-state index contributed by atoms with van der Waals surface area (Å²) < 4.78 is 51.0. The molecule has 0 aromatic heterocycles. The van der Waals surface area contributed by atoms with Crippen molar-refractivity contribution in [1.82, 2.24) is 0 Å². The van der Waals surface area contributed by atoms with Crippen LogP contribution in [0.4, 0.5) is 0 Å². The molecule has 450 valence electrons. The maximum absolute atomic E-state index is 9.55. The Bertz CT molecular complexity index is 1140. The number of hydrogen-bond acceptors (Lipinski definition) is 15. The van der Waals surface area contributed by atoms with Crippen LogP contribution in [0.5, 0.6) is 0 Å². The number of thioether (sulfide) groups is 1. The van der Waals surface area contributed by atoms with Crippen LogP contribution in [0, 0.1) is 22.2 Å². The molecule has 0 spiro atoms. The summed E-state index contributed by atoms with van der Waals surface area (Å²) in [5.74, 6) is 2.81. The average Bonchev–Trinajstić information content (AvgIpc) is 3.37. The van der Waals surface area contributed by atoms with Crippen LogP contribution in [0.15, 0.2) is 0 Å². The highest BCUT2D eigenvalue weighted by atomic mass is 32.2. The molecule has 0 heterocycles. The van der Waals surface area contributed by atoms with E-state index in [1.807, 2.05) is 25.6 Å². The van der Waals surface area contributed by atoms with E-state index in [0.29, 0.717) is 85.2 Å². The van der Waals surface area contributed by atoms with Gasteiger partial charge in [-0.2, -0.15) is 11.8 Å². The second-order valence-corrected chi connectivity index (χ2v) is 36.5. The predicted octanol–water partition coefficient (Wildman–Crippen LogP) is 11.5. The summed E-state index contributed by atoms with van der Waals surface area (Å²) in [5.41, 5.74) is -1.06. The largest absolute Gasteiger partial charge is 0.437 e. The fourth-order valence-corrected chi connectivity index (χ4v) is 23.3. The summed E-state index contributed by atoms with van der Waals surface area (Å²) in [5, 5.41) is 47.3. The molecule has 0 fully saturated rings. The van der Waals surface area contributed by atoms with Gasteiger partial charge in [0, 0.05) is 36.6 Å². The fourth-order valence-electron chi connectivity index (χ4n) is 8.02. The van der Waals surface area contributed by atoms with Crippen LogP contribution in [0.2, 0.25) is 51.9 Å². The van der Waals surface area contributed by atoms with Gasteiger partial charge in [0.2, 0.25) is 0 Å². The monoisotopic (exact) mass is 1140 g/mol. The summed E-state index contributed by atoms with van der Waals surface area (Å²) >= 11 is 1.95. The first-order chi connectivity index (χ1) is 35.2. The van der Waals surface area contributed by atoms with Crippen LogP contribution in [0.1, 0.15) is 151 Å². The summed E-state index contributed by atoms with van der Waals surface area (Å²) in [6.07, 6.45) is 20.1. The van der Waals surface area contributed by atoms with Gasteiger partial charge < -0.3 is 66.9 Å². The van der Waals surface area contributed by atoms with E-state index in [0.717, 1.165) is 56.3 Å². The normalized spacial score (nSPS) is 13.2. The van der Waals surface area contributed by atoms with E-state index in [1.54, 1.807) is 7.11 Å². The van der Waals surface area contributed by atoms with Crippen LogP contribution in [-0.4, -0.2) is 188 Å². The van der Waals surface area contributed by atoms with Gasteiger partial charge in [0.15, 0.2) is 16.6 Å². The minimum atomic E-state index is -2.04. The van der Waals surface area contributed by atoms with Crippen LogP contribution in [-0.2, 0) is 41.4 Å². The molecule has 1 unspecified atom stereocenters. The fraction of sp³-hybridized carbons (Fsp3) is 1.00. The number of methoxy groups -OCH3 is 1. The predicted molar refractivity (Wildman–Crippen MR) is 318 cm³/mol. The molecule has 0 radical (unpaired) electrons. The molecule has 74 heavy (non-hydrogen) atoms. The van der Waals surface area contributed by atoms with Gasteiger partial charge in [-0.15, -0.1) is 0 Å². The zero-order chi connectivity index (χ0) is 56.5. The zero-order valence-electron chi connectivity index (χ0n) is 50.8. The molecular weight excluding hydrogens is 1010 g/mol. The summed E-state index contributed by atoms with van der Waals surface area (Å²) in [4.78, 5) is 0. The molecular formula is C56H124O14SSi3. The average molecular weight is 1140 g/mol. The van der Waals surface area contributed by atoms with Gasteiger partial charge in [-0.3, -0.25) is 0 Å². The van der Waals surface area contributed by atoms with Gasteiger partial charge in [-0.05, 0) is 114 Å². The van der Waals surface area contributed by atoms with Crippen molar-refractivity contribution in [2.75, 3.05) is 138 Å². The molecule has 0 saturated carbocycles. The Morgan fingerprint density at radius 1 is 0.419 bits per heavy atom. The zero-order valence-corrected chi connectivity index (χ0v) is 54.6. The first-order valence-corrected chi connectivity index (χ1v) is 39.7. The van der Waals surface area contributed by atoms with Crippen molar-refractivity contribution >= 4 is 37.0 Å². The van der Waals surface area contributed by atoms with Crippen molar-refractivity contribution in [2.45, 2.75) is 203 Å². The molecule has 18 heteroatoms. The smallest absolute Gasteiger partial charge is 0.311 e.